The predicted octanol–water partition coefficient (Wildman–Crippen LogP) is 1.75. The van der Waals surface area contributed by atoms with Gasteiger partial charge in [0, 0.05) is 25.8 Å². The summed E-state index contributed by atoms with van der Waals surface area (Å²) in [5, 5.41) is 2.75. The number of nitrogens with zero attached hydrogens (tertiary/aromatic N) is 1. The lowest BCUT2D eigenvalue weighted by Crippen LogP contribution is -2.45. The molecule has 7 heteroatoms. The number of hydrogen-bond donors (Lipinski definition) is 2. The molecule has 7 nitrogen and oxygen atoms in total. The molecule has 2 N–H and O–H groups in total. The van der Waals surface area contributed by atoms with Gasteiger partial charge in [0.25, 0.3) is 11.5 Å². The first-order valence-corrected chi connectivity index (χ1v) is 8.20. The van der Waals surface area contributed by atoms with Gasteiger partial charge in [0.1, 0.15) is 11.2 Å². The lowest BCUT2D eigenvalue weighted by atomic mass is 9.97. The molecular weight excluding hydrogens is 310 g/mol. The topological polar surface area (TPSA) is 91.5 Å². The Labute approximate surface area is 141 Å². The average molecular weight is 335 g/mol. The third kappa shape index (κ3) is 5.11. The van der Waals surface area contributed by atoms with Crippen molar-refractivity contribution < 1.29 is 14.3 Å². The van der Waals surface area contributed by atoms with Crippen LogP contribution >= 0.6 is 0 Å². The highest BCUT2D eigenvalue weighted by Crippen LogP contribution is 2.17. The number of carbonyl (C=O) groups excluding carboxylic acids is 2. The van der Waals surface area contributed by atoms with Gasteiger partial charge >= 0.3 is 6.09 Å². The Morgan fingerprint density at radius 2 is 2.17 bits per heavy atom. The fourth-order valence-corrected chi connectivity index (χ4v) is 2.72. The molecule has 1 atom stereocenters. The number of pyridine rings is 1. The summed E-state index contributed by atoms with van der Waals surface area (Å²) in [5.41, 5.74) is -0.762. The molecular formula is C17H25N3O4. The van der Waals surface area contributed by atoms with E-state index >= 15 is 0 Å². The number of hydrogen-bond acceptors (Lipinski definition) is 4. The van der Waals surface area contributed by atoms with Crippen LogP contribution in [-0.2, 0) is 4.74 Å². The first kappa shape index (κ1) is 18.0. The second kappa shape index (κ2) is 7.51. The molecule has 132 valence electrons. The number of piperidine rings is 1. The Morgan fingerprint density at radius 3 is 2.83 bits per heavy atom. The Hall–Kier alpha value is -2.31. The van der Waals surface area contributed by atoms with Gasteiger partial charge in [-0.2, -0.15) is 0 Å². The molecule has 1 aromatic rings. The average Bonchev–Trinajstić information content (AvgIpc) is 2.51. The Bertz CT molecular complexity index is 648. The largest absolute Gasteiger partial charge is 0.444 e. The Kier molecular flexibility index (Phi) is 5.64. The van der Waals surface area contributed by atoms with Gasteiger partial charge in [-0.25, -0.2) is 4.79 Å². The number of alkyl carbamates (subject to hydrolysis) is 1. The molecule has 1 aliphatic rings. The molecule has 2 rings (SSSR count). The zero-order valence-electron chi connectivity index (χ0n) is 14.4. The van der Waals surface area contributed by atoms with Gasteiger partial charge in [-0.05, 0) is 51.7 Å². The van der Waals surface area contributed by atoms with Gasteiger partial charge in [-0.15, -0.1) is 0 Å². The highest BCUT2D eigenvalue weighted by Gasteiger charge is 2.26. The number of nitrogens with one attached hydrogen (secondary N) is 2. The second-order valence-corrected chi connectivity index (χ2v) is 7.06. The standard InChI is InChI=1S/C17H25N3O4/c1-17(2,3)24-16(23)19-10-12-6-5-9-20(11-12)15(22)13-7-4-8-18-14(13)21/h4,7-8,12H,5-6,9-11H2,1-3H3,(H,18,21)(H,19,23)/t12-/m1/s1. The van der Waals surface area contributed by atoms with Crippen molar-refractivity contribution in [3.8, 4) is 0 Å². The second-order valence-electron chi connectivity index (χ2n) is 7.06. The van der Waals surface area contributed by atoms with Crippen LogP contribution in [-0.4, -0.2) is 47.1 Å². The number of carbonyl (C=O) groups is 2. The highest BCUT2D eigenvalue weighted by molar-refractivity contribution is 5.93. The molecule has 0 aromatic carbocycles. The van der Waals surface area contributed by atoms with Gasteiger partial charge in [-0.3, -0.25) is 9.59 Å². The maximum atomic E-state index is 12.5. The summed E-state index contributed by atoms with van der Waals surface area (Å²) in [5.74, 6) is -0.114. The van der Waals surface area contributed by atoms with Crippen molar-refractivity contribution in [3.05, 3.63) is 34.2 Å². The minimum atomic E-state index is -0.535. The predicted molar refractivity (Wildman–Crippen MR) is 89.9 cm³/mol. The van der Waals surface area contributed by atoms with Crippen LogP contribution in [0, 0.1) is 5.92 Å². The van der Waals surface area contributed by atoms with Gasteiger partial charge < -0.3 is 19.9 Å². The van der Waals surface area contributed by atoms with Gasteiger partial charge in [0.2, 0.25) is 0 Å². The number of ether oxygens (including phenoxy) is 1. The SMILES string of the molecule is CC(C)(C)OC(=O)NC[C@H]1CCCN(C(=O)c2ccc[nH]c2=O)C1. The van der Waals surface area contributed by atoms with Crippen LogP contribution in [0.2, 0.25) is 0 Å². The molecule has 0 bridgehead atoms. The summed E-state index contributed by atoms with van der Waals surface area (Å²) in [6.07, 6.45) is 2.82. The summed E-state index contributed by atoms with van der Waals surface area (Å²) in [6.45, 7) is 7.02. The lowest BCUT2D eigenvalue weighted by Gasteiger charge is -2.33. The highest BCUT2D eigenvalue weighted by atomic mass is 16.6. The maximum Gasteiger partial charge on any atom is 0.407 e. The molecule has 2 amide bonds. The summed E-state index contributed by atoms with van der Waals surface area (Å²) >= 11 is 0. The number of likely N-dealkylation sites (tertiary alicyclic amines) is 1. The van der Waals surface area contributed by atoms with Crippen LogP contribution in [0.1, 0.15) is 44.0 Å². The molecule has 0 aliphatic carbocycles. The van der Waals surface area contributed by atoms with E-state index in [1.807, 2.05) is 20.8 Å². The fourth-order valence-electron chi connectivity index (χ4n) is 2.72. The zero-order valence-corrected chi connectivity index (χ0v) is 14.4. The molecule has 2 heterocycles. The summed E-state index contributed by atoms with van der Waals surface area (Å²) in [6, 6.07) is 3.17. The number of aromatic amines is 1. The van der Waals surface area contributed by atoms with Crippen molar-refractivity contribution in [2.75, 3.05) is 19.6 Å². The minimum Gasteiger partial charge on any atom is -0.444 e. The van der Waals surface area contributed by atoms with Crippen molar-refractivity contribution in [2.24, 2.45) is 5.92 Å². The number of H-pyrrole nitrogens is 1. The van der Waals surface area contributed by atoms with Crippen LogP contribution in [0.5, 0.6) is 0 Å². The van der Waals surface area contributed by atoms with E-state index in [9.17, 15) is 14.4 Å². The lowest BCUT2D eigenvalue weighted by molar-refractivity contribution is 0.0502. The van der Waals surface area contributed by atoms with Crippen molar-refractivity contribution in [1.29, 1.82) is 0 Å². The molecule has 0 spiro atoms. The number of amides is 2. The van der Waals surface area contributed by atoms with Gasteiger partial charge in [-0.1, -0.05) is 0 Å². The molecule has 1 aliphatic heterocycles. The quantitative estimate of drug-likeness (QED) is 0.880. The Morgan fingerprint density at radius 1 is 1.42 bits per heavy atom. The van der Waals surface area contributed by atoms with Gasteiger partial charge in [0.05, 0.1) is 0 Å². The molecule has 0 unspecified atom stereocenters. The van der Waals surface area contributed by atoms with Crippen molar-refractivity contribution in [2.45, 2.75) is 39.2 Å². The minimum absolute atomic E-state index is 0.151. The van der Waals surface area contributed by atoms with E-state index in [4.69, 9.17) is 4.74 Å². The molecule has 0 radical (unpaired) electrons. The smallest absolute Gasteiger partial charge is 0.407 e. The first-order chi connectivity index (χ1) is 11.3. The number of aromatic nitrogens is 1. The third-order valence-electron chi connectivity index (χ3n) is 3.79. The normalized spacial score (nSPS) is 18.1. The van der Waals surface area contributed by atoms with E-state index in [0.717, 1.165) is 12.8 Å². The molecule has 1 saturated heterocycles. The van der Waals surface area contributed by atoms with Gasteiger partial charge in [0.15, 0.2) is 0 Å². The van der Waals surface area contributed by atoms with Crippen LogP contribution in [0.25, 0.3) is 0 Å². The molecule has 0 saturated carbocycles. The van der Waals surface area contributed by atoms with E-state index in [1.165, 1.54) is 12.3 Å². The van der Waals surface area contributed by atoms with Crippen molar-refractivity contribution in [1.82, 2.24) is 15.2 Å². The summed E-state index contributed by atoms with van der Waals surface area (Å²) < 4.78 is 5.21. The maximum absolute atomic E-state index is 12.5. The summed E-state index contributed by atoms with van der Waals surface area (Å²) in [4.78, 5) is 40.2. The molecule has 24 heavy (non-hydrogen) atoms. The van der Waals surface area contributed by atoms with E-state index in [1.54, 1.807) is 11.0 Å². The van der Waals surface area contributed by atoms with E-state index in [0.29, 0.717) is 19.6 Å². The van der Waals surface area contributed by atoms with E-state index in [-0.39, 0.29) is 22.9 Å². The first-order valence-electron chi connectivity index (χ1n) is 8.20. The van der Waals surface area contributed by atoms with Crippen molar-refractivity contribution in [3.63, 3.8) is 0 Å². The number of rotatable bonds is 3. The van der Waals surface area contributed by atoms with E-state index < -0.39 is 11.7 Å². The van der Waals surface area contributed by atoms with Crippen LogP contribution in [0.3, 0.4) is 0 Å². The third-order valence-corrected chi connectivity index (χ3v) is 3.79. The van der Waals surface area contributed by atoms with E-state index in [2.05, 4.69) is 10.3 Å². The van der Waals surface area contributed by atoms with Crippen LogP contribution in [0.15, 0.2) is 23.1 Å². The summed E-state index contributed by atoms with van der Waals surface area (Å²) in [7, 11) is 0. The fraction of sp³-hybridized carbons (Fsp3) is 0.588. The van der Waals surface area contributed by atoms with Crippen LogP contribution < -0.4 is 10.9 Å². The molecule has 1 fully saturated rings. The zero-order chi connectivity index (χ0) is 17.7. The monoisotopic (exact) mass is 335 g/mol. The van der Waals surface area contributed by atoms with Crippen molar-refractivity contribution >= 4 is 12.0 Å². The Balaban J connectivity index is 1.90. The van der Waals surface area contributed by atoms with Crippen LogP contribution in [0.4, 0.5) is 4.79 Å². The molecule has 1 aromatic heterocycles.